The van der Waals surface area contributed by atoms with Crippen LogP contribution >= 0.6 is 0 Å². The molecule has 1 aliphatic heterocycles. The van der Waals surface area contributed by atoms with Crippen molar-refractivity contribution in [2.75, 3.05) is 19.7 Å². The predicted octanol–water partition coefficient (Wildman–Crippen LogP) is 0.606. The number of carbonyl (C=O) groups excluding carboxylic acids is 1. The maximum atomic E-state index is 12.6. The van der Waals surface area contributed by atoms with Crippen molar-refractivity contribution in [2.45, 2.75) is 33.3 Å². The minimum atomic E-state index is -0.270. The summed E-state index contributed by atoms with van der Waals surface area (Å²) in [5.41, 5.74) is 2.95. The van der Waals surface area contributed by atoms with Crippen molar-refractivity contribution >= 4 is 5.91 Å². The molecular formula is C15H22N6O2. The molecule has 2 aromatic heterocycles. The van der Waals surface area contributed by atoms with Crippen molar-refractivity contribution in [3.8, 4) is 0 Å². The van der Waals surface area contributed by atoms with Gasteiger partial charge >= 0.3 is 0 Å². The lowest BCUT2D eigenvalue weighted by Crippen LogP contribution is -2.43. The fourth-order valence-corrected chi connectivity index (χ4v) is 2.87. The average molecular weight is 318 g/mol. The molecule has 1 atom stereocenters. The minimum Gasteiger partial charge on any atom is -0.366 e. The molecule has 0 aromatic carbocycles. The Labute approximate surface area is 134 Å². The van der Waals surface area contributed by atoms with Crippen LogP contribution in [0, 0.1) is 20.8 Å². The molecule has 23 heavy (non-hydrogen) atoms. The van der Waals surface area contributed by atoms with E-state index in [0.29, 0.717) is 31.9 Å². The largest absolute Gasteiger partial charge is 0.366 e. The van der Waals surface area contributed by atoms with E-state index in [2.05, 4.69) is 20.3 Å². The van der Waals surface area contributed by atoms with Crippen molar-refractivity contribution < 1.29 is 9.53 Å². The highest BCUT2D eigenvalue weighted by Gasteiger charge is 2.28. The van der Waals surface area contributed by atoms with Crippen LogP contribution in [-0.2, 0) is 23.0 Å². The van der Waals surface area contributed by atoms with E-state index in [1.54, 1.807) is 0 Å². The number of morpholine rings is 1. The number of aryl methyl sites for hydroxylation is 3. The molecule has 124 valence electrons. The summed E-state index contributed by atoms with van der Waals surface area (Å²) in [6.07, 6.45) is 0.0966. The molecule has 1 aliphatic rings. The van der Waals surface area contributed by atoms with Gasteiger partial charge in [0, 0.05) is 24.8 Å². The third-order valence-electron chi connectivity index (χ3n) is 4.31. The van der Waals surface area contributed by atoms with E-state index in [9.17, 15) is 4.79 Å². The molecule has 0 radical (unpaired) electrons. The fraction of sp³-hybridized carbons (Fsp3) is 0.600. The molecule has 1 N–H and O–H groups in total. The van der Waals surface area contributed by atoms with Gasteiger partial charge in [-0.05, 0) is 20.8 Å². The summed E-state index contributed by atoms with van der Waals surface area (Å²) in [4.78, 5) is 18.8. The monoisotopic (exact) mass is 318 g/mol. The highest BCUT2D eigenvalue weighted by molar-refractivity contribution is 5.79. The van der Waals surface area contributed by atoms with E-state index >= 15 is 0 Å². The summed E-state index contributed by atoms with van der Waals surface area (Å²) >= 11 is 0. The number of aromatic amines is 1. The molecule has 1 saturated heterocycles. The summed E-state index contributed by atoms with van der Waals surface area (Å²) in [5.74, 6) is 1.44. The van der Waals surface area contributed by atoms with Crippen molar-refractivity contribution in [3.63, 3.8) is 0 Å². The molecule has 3 heterocycles. The lowest BCUT2D eigenvalue weighted by Gasteiger charge is -2.31. The van der Waals surface area contributed by atoms with Crippen LogP contribution in [0.2, 0.25) is 0 Å². The van der Waals surface area contributed by atoms with E-state index in [0.717, 1.165) is 22.8 Å². The van der Waals surface area contributed by atoms with Crippen LogP contribution in [-0.4, -0.2) is 55.5 Å². The molecule has 1 amide bonds. The molecule has 0 unspecified atom stereocenters. The summed E-state index contributed by atoms with van der Waals surface area (Å²) < 4.78 is 7.52. The van der Waals surface area contributed by atoms with Gasteiger partial charge in [-0.2, -0.15) is 10.2 Å². The first kappa shape index (κ1) is 15.7. The number of nitrogens with zero attached hydrogens (tertiary/aromatic N) is 5. The molecular weight excluding hydrogens is 296 g/mol. The Balaban J connectivity index is 1.70. The molecule has 2 aromatic rings. The van der Waals surface area contributed by atoms with Gasteiger partial charge in [-0.15, -0.1) is 0 Å². The topological polar surface area (TPSA) is 88.9 Å². The van der Waals surface area contributed by atoms with Gasteiger partial charge in [0.05, 0.1) is 25.3 Å². The molecule has 0 saturated carbocycles. The van der Waals surface area contributed by atoms with Crippen molar-refractivity contribution in [2.24, 2.45) is 7.05 Å². The second-order valence-electron chi connectivity index (χ2n) is 5.93. The number of ether oxygens (including phenoxy) is 1. The molecule has 0 bridgehead atoms. The molecule has 0 aliphatic carbocycles. The van der Waals surface area contributed by atoms with Gasteiger partial charge in [0.15, 0.2) is 5.82 Å². The van der Waals surface area contributed by atoms with Crippen molar-refractivity contribution in [1.82, 2.24) is 29.9 Å². The molecule has 8 heteroatoms. The molecule has 3 rings (SSSR count). The zero-order chi connectivity index (χ0) is 16.6. The highest BCUT2D eigenvalue weighted by Crippen LogP contribution is 2.21. The van der Waals surface area contributed by atoms with Gasteiger partial charge in [-0.3, -0.25) is 14.6 Å². The SMILES string of the molecule is Cc1nc([C@H]2CN(C(=O)Cc3c(C)nn(C)c3C)CCO2)n[nH]1. The molecule has 0 spiro atoms. The van der Waals surface area contributed by atoms with E-state index in [4.69, 9.17) is 4.74 Å². The van der Waals surface area contributed by atoms with Crippen molar-refractivity contribution in [3.05, 3.63) is 28.6 Å². The zero-order valence-electron chi connectivity index (χ0n) is 14.0. The highest BCUT2D eigenvalue weighted by atomic mass is 16.5. The summed E-state index contributed by atoms with van der Waals surface area (Å²) in [7, 11) is 1.90. The Kier molecular flexibility index (Phi) is 4.16. The first-order valence-corrected chi connectivity index (χ1v) is 7.73. The first-order valence-electron chi connectivity index (χ1n) is 7.73. The van der Waals surface area contributed by atoms with Crippen LogP contribution in [0.5, 0.6) is 0 Å². The van der Waals surface area contributed by atoms with Gasteiger partial charge in [-0.1, -0.05) is 0 Å². The smallest absolute Gasteiger partial charge is 0.227 e. The molecule has 8 nitrogen and oxygen atoms in total. The zero-order valence-corrected chi connectivity index (χ0v) is 14.0. The van der Waals surface area contributed by atoms with Gasteiger partial charge in [-0.25, -0.2) is 4.98 Å². The second kappa shape index (κ2) is 6.11. The van der Waals surface area contributed by atoms with Crippen LogP contribution in [0.4, 0.5) is 0 Å². The summed E-state index contributed by atoms with van der Waals surface area (Å²) in [5, 5.41) is 11.3. The van der Waals surface area contributed by atoms with E-state index in [1.165, 1.54) is 0 Å². The van der Waals surface area contributed by atoms with Crippen LogP contribution in [0.1, 0.15) is 34.7 Å². The number of H-pyrrole nitrogens is 1. The fourth-order valence-electron chi connectivity index (χ4n) is 2.87. The number of nitrogens with one attached hydrogen (secondary N) is 1. The Morgan fingerprint density at radius 1 is 1.39 bits per heavy atom. The molecule has 1 fully saturated rings. The Morgan fingerprint density at radius 3 is 2.78 bits per heavy atom. The number of aromatic nitrogens is 5. The van der Waals surface area contributed by atoms with Crippen molar-refractivity contribution in [1.29, 1.82) is 0 Å². The Hall–Kier alpha value is -2.22. The van der Waals surface area contributed by atoms with Crippen LogP contribution in [0.25, 0.3) is 0 Å². The maximum Gasteiger partial charge on any atom is 0.227 e. The third kappa shape index (κ3) is 3.12. The van der Waals surface area contributed by atoms with E-state index in [1.807, 2.05) is 37.4 Å². The summed E-state index contributed by atoms with van der Waals surface area (Å²) in [6, 6.07) is 0. The standard InChI is InChI=1S/C15H22N6O2/c1-9-12(10(2)20(4)19-9)7-14(22)21-5-6-23-13(8-21)15-16-11(3)17-18-15/h13H,5-8H2,1-4H3,(H,16,17,18)/t13-/m1/s1. The number of hydrogen-bond acceptors (Lipinski definition) is 5. The van der Waals surface area contributed by atoms with Gasteiger partial charge < -0.3 is 9.64 Å². The quantitative estimate of drug-likeness (QED) is 0.895. The van der Waals surface area contributed by atoms with E-state index in [-0.39, 0.29) is 12.0 Å². The Bertz CT molecular complexity index is 720. The van der Waals surface area contributed by atoms with Gasteiger partial charge in [0.1, 0.15) is 11.9 Å². The van der Waals surface area contributed by atoms with Gasteiger partial charge in [0.25, 0.3) is 0 Å². The first-order chi connectivity index (χ1) is 11.0. The second-order valence-corrected chi connectivity index (χ2v) is 5.93. The van der Waals surface area contributed by atoms with E-state index < -0.39 is 0 Å². The lowest BCUT2D eigenvalue weighted by atomic mass is 10.1. The average Bonchev–Trinajstić information content (AvgIpc) is 3.06. The number of carbonyl (C=O) groups is 1. The normalized spacial score (nSPS) is 18.4. The minimum absolute atomic E-state index is 0.0877. The number of hydrogen-bond donors (Lipinski definition) is 1. The van der Waals surface area contributed by atoms with Crippen LogP contribution in [0.3, 0.4) is 0 Å². The predicted molar refractivity (Wildman–Crippen MR) is 82.8 cm³/mol. The third-order valence-corrected chi connectivity index (χ3v) is 4.31. The number of amides is 1. The van der Waals surface area contributed by atoms with Crippen LogP contribution < -0.4 is 0 Å². The lowest BCUT2D eigenvalue weighted by molar-refractivity contribution is -0.138. The van der Waals surface area contributed by atoms with Gasteiger partial charge in [0.2, 0.25) is 5.91 Å². The Morgan fingerprint density at radius 2 is 2.17 bits per heavy atom. The number of rotatable bonds is 3. The van der Waals surface area contributed by atoms with Crippen LogP contribution in [0.15, 0.2) is 0 Å². The summed E-state index contributed by atoms with van der Waals surface area (Å²) in [6.45, 7) is 7.34. The maximum absolute atomic E-state index is 12.6.